The van der Waals surface area contributed by atoms with Crippen LogP contribution in [0.4, 0.5) is 14.9 Å². The zero-order valence-electron chi connectivity index (χ0n) is 19.4. The summed E-state index contributed by atoms with van der Waals surface area (Å²) in [5.74, 6) is -1.03. The maximum atomic E-state index is 13.1. The number of hydrogen-bond donors (Lipinski definition) is 4. The van der Waals surface area contributed by atoms with Crippen LogP contribution in [-0.4, -0.2) is 54.5 Å². The van der Waals surface area contributed by atoms with E-state index in [4.69, 9.17) is 21.9 Å². The molecular formula is C24H35FN6O3. The second kappa shape index (κ2) is 12.4. The number of nitrogens with zero attached hydrogens (tertiary/aromatic N) is 2. The van der Waals surface area contributed by atoms with Crippen molar-refractivity contribution in [2.75, 3.05) is 19.6 Å². The molecule has 0 aromatic heterocycles. The third-order valence-corrected chi connectivity index (χ3v) is 6.50. The predicted molar refractivity (Wildman–Crippen MR) is 129 cm³/mol. The Morgan fingerprint density at radius 1 is 1.12 bits per heavy atom. The summed E-state index contributed by atoms with van der Waals surface area (Å²) in [6, 6.07) is 5.26. The lowest BCUT2D eigenvalue weighted by Crippen LogP contribution is -2.47. The van der Waals surface area contributed by atoms with Gasteiger partial charge in [0.25, 0.3) is 5.91 Å². The molecule has 186 valence electrons. The summed E-state index contributed by atoms with van der Waals surface area (Å²) in [6.45, 7) is 1.51. The van der Waals surface area contributed by atoms with Gasteiger partial charge in [0.05, 0.1) is 11.3 Å². The van der Waals surface area contributed by atoms with Gasteiger partial charge in [0.2, 0.25) is 0 Å². The number of piperidine rings is 1. The lowest BCUT2D eigenvalue weighted by molar-refractivity contribution is -0.114. The molecule has 0 spiro atoms. The van der Waals surface area contributed by atoms with Crippen molar-refractivity contribution in [1.82, 2.24) is 10.2 Å². The Morgan fingerprint density at radius 3 is 2.35 bits per heavy atom. The van der Waals surface area contributed by atoms with Crippen LogP contribution in [0.1, 0.15) is 44.9 Å². The van der Waals surface area contributed by atoms with Gasteiger partial charge in [-0.1, -0.05) is 6.42 Å². The second-order valence-electron chi connectivity index (χ2n) is 8.87. The smallest absolute Gasteiger partial charge is 0.410 e. The fraction of sp³-hybridized carbons (Fsp3) is 0.542. The second-order valence-corrected chi connectivity index (χ2v) is 8.87. The molecule has 7 N–H and O–H groups in total. The third kappa shape index (κ3) is 7.18. The highest BCUT2D eigenvalue weighted by Gasteiger charge is 2.30. The molecule has 2 aliphatic rings. The van der Waals surface area contributed by atoms with Gasteiger partial charge in [0.1, 0.15) is 17.8 Å². The highest BCUT2D eigenvalue weighted by Crippen LogP contribution is 2.24. The number of hydrogen-bond acceptors (Lipinski definition) is 6. The molecule has 0 bridgehead atoms. The van der Waals surface area contributed by atoms with Crippen molar-refractivity contribution >= 4 is 23.5 Å². The van der Waals surface area contributed by atoms with Crippen LogP contribution in [0.3, 0.4) is 0 Å². The molecule has 2 amide bonds. The van der Waals surface area contributed by atoms with Crippen molar-refractivity contribution in [2.45, 2.75) is 57.1 Å². The number of halogens is 1. The van der Waals surface area contributed by atoms with Crippen molar-refractivity contribution < 1.29 is 18.7 Å². The van der Waals surface area contributed by atoms with Gasteiger partial charge in [-0.05, 0) is 68.7 Å². The van der Waals surface area contributed by atoms with E-state index in [1.165, 1.54) is 36.9 Å². The SMILES string of the molecule is NC[C@H](N/C=C(/C(N)=O)C(N)=Nc1ccc(F)cc1)C1CCN(C(=O)OC2CCCCC2)CC1. The van der Waals surface area contributed by atoms with Crippen molar-refractivity contribution in [2.24, 2.45) is 28.1 Å². The molecule has 3 rings (SSSR count). The molecular weight excluding hydrogens is 439 g/mol. The van der Waals surface area contributed by atoms with E-state index in [1.807, 2.05) is 0 Å². The van der Waals surface area contributed by atoms with Gasteiger partial charge >= 0.3 is 6.09 Å². The van der Waals surface area contributed by atoms with Crippen LogP contribution in [0, 0.1) is 11.7 Å². The Morgan fingerprint density at radius 2 is 1.76 bits per heavy atom. The summed E-state index contributed by atoms with van der Waals surface area (Å²) in [4.78, 5) is 30.4. The number of benzene rings is 1. The van der Waals surface area contributed by atoms with E-state index in [-0.39, 0.29) is 35.6 Å². The van der Waals surface area contributed by atoms with E-state index in [9.17, 15) is 14.0 Å². The van der Waals surface area contributed by atoms with E-state index >= 15 is 0 Å². The fourth-order valence-electron chi connectivity index (χ4n) is 4.46. The monoisotopic (exact) mass is 474 g/mol. The molecule has 1 atom stereocenters. The van der Waals surface area contributed by atoms with Gasteiger partial charge in [-0.3, -0.25) is 4.79 Å². The summed E-state index contributed by atoms with van der Waals surface area (Å²) >= 11 is 0. The summed E-state index contributed by atoms with van der Waals surface area (Å²) in [6.07, 6.45) is 8.09. The summed E-state index contributed by atoms with van der Waals surface area (Å²) in [5, 5.41) is 3.16. The van der Waals surface area contributed by atoms with Gasteiger partial charge in [-0.25, -0.2) is 14.2 Å². The minimum atomic E-state index is -0.744. The highest BCUT2D eigenvalue weighted by atomic mass is 19.1. The molecule has 0 radical (unpaired) electrons. The number of nitrogens with two attached hydrogens (primary N) is 3. The van der Waals surface area contributed by atoms with Gasteiger partial charge in [-0.2, -0.15) is 0 Å². The molecule has 9 nitrogen and oxygen atoms in total. The largest absolute Gasteiger partial charge is 0.446 e. The minimum absolute atomic E-state index is 0.0104. The van der Waals surface area contributed by atoms with E-state index < -0.39 is 11.7 Å². The summed E-state index contributed by atoms with van der Waals surface area (Å²) in [5.41, 5.74) is 17.9. The Labute approximate surface area is 199 Å². The van der Waals surface area contributed by atoms with Crippen LogP contribution >= 0.6 is 0 Å². The Bertz CT molecular complexity index is 890. The van der Waals surface area contributed by atoms with Crippen LogP contribution in [0.15, 0.2) is 41.0 Å². The maximum Gasteiger partial charge on any atom is 0.410 e. The Kier molecular flexibility index (Phi) is 9.26. The molecule has 1 heterocycles. The number of carbonyl (C=O) groups excluding carboxylic acids is 2. The number of nitrogens with one attached hydrogen (secondary N) is 1. The molecule has 1 saturated heterocycles. The first-order valence-electron chi connectivity index (χ1n) is 11.9. The number of amidine groups is 1. The van der Waals surface area contributed by atoms with Gasteiger partial charge in [0, 0.05) is 31.9 Å². The van der Waals surface area contributed by atoms with Crippen molar-refractivity contribution in [1.29, 1.82) is 0 Å². The average Bonchev–Trinajstić information content (AvgIpc) is 2.84. The van der Waals surface area contributed by atoms with Crippen molar-refractivity contribution in [3.63, 3.8) is 0 Å². The summed E-state index contributed by atoms with van der Waals surface area (Å²) in [7, 11) is 0. The van der Waals surface area contributed by atoms with Crippen LogP contribution < -0.4 is 22.5 Å². The van der Waals surface area contributed by atoms with Crippen LogP contribution in [-0.2, 0) is 9.53 Å². The average molecular weight is 475 g/mol. The first kappa shape index (κ1) is 25.5. The maximum absolute atomic E-state index is 13.1. The number of rotatable bonds is 8. The fourth-order valence-corrected chi connectivity index (χ4v) is 4.46. The lowest BCUT2D eigenvalue weighted by Gasteiger charge is -2.36. The van der Waals surface area contributed by atoms with E-state index in [1.54, 1.807) is 4.90 Å². The predicted octanol–water partition coefficient (Wildman–Crippen LogP) is 2.28. The molecule has 1 saturated carbocycles. The third-order valence-electron chi connectivity index (χ3n) is 6.50. The number of primary amides is 1. The van der Waals surface area contributed by atoms with Gasteiger partial charge in [-0.15, -0.1) is 0 Å². The van der Waals surface area contributed by atoms with Gasteiger partial charge in [0.15, 0.2) is 0 Å². The molecule has 1 aromatic carbocycles. The molecule has 1 aliphatic heterocycles. The molecule has 2 fully saturated rings. The Balaban J connectivity index is 1.56. The van der Waals surface area contributed by atoms with E-state index in [0.29, 0.717) is 25.3 Å². The first-order chi connectivity index (χ1) is 16.4. The van der Waals surface area contributed by atoms with Crippen molar-refractivity contribution in [3.8, 4) is 0 Å². The molecule has 0 unspecified atom stereocenters. The normalized spacial score (nSPS) is 19.5. The van der Waals surface area contributed by atoms with E-state index in [2.05, 4.69) is 10.3 Å². The molecule has 10 heteroatoms. The zero-order valence-corrected chi connectivity index (χ0v) is 19.4. The number of likely N-dealkylation sites (tertiary alicyclic amines) is 1. The molecule has 1 aromatic rings. The van der Waals surface area contributed by atoms with Crippen molar-refractivity contribution in [3.05, 3.63) is 41.9 Å². The van der Waals surface area contributed by atoms with Crippen LogP contribution in [0.25, 0.3) is 0 Å². The number of amides is 2. The van der Waals surface area contributed by atoms with Gasteiger partial charge < -0.3 is 32.2 Å². The molecule has 1 aliphatic carbocycles. The zero-order chi connectivity index (χ0) is 24.5. The van der Waals surface area contributed by atoms with Crippen LogP contribution in [0.2, 0.25) is 0 Å². The standard InChI is InChI=1S/C24H35FN6O3/c25-17-6-8-18(9-7-17)30-22(27)20(23(28)32)15-29-21(14-26)16-10-12-31(13-11-16)24(33)34-19-4-2-1-3-5-19/h6-9,15-16,19,21,29H,1-5,10-14,26H2,(H2,27,30)(H2,28,32)/b20-15+/t21-/m0/s1. The first-order valence-corrected chi connectivity index (χ1v) is 11.9. The van der Waals surface area contributed by atoms with E-state index in [0.717, 1.165) is 38.5 Å². The molecule has 34 heavy (non-hydrogen) atoms. The summed E-state index contributed by atoms with van der Waals surface area (Å²) < 4.78 is 18.8. The highest BCUT2D eigenvalue weighted by molar-refractivity contribution is 6.20. The number of aliphatic imine (C=N–C) groups is 1. The topological polar surface area (TPSA) is 149 Å². The Hall–Kier alpha value is -3.14. The quantitative estimate of drug-likeness (QED) is 0.258. The number of carbonyl (C=O) groups is 2. The minimum Gasteiger partial charge on any atom is -0.446 e. The lowest BCUT2D eigenvalue weighted by atomic mass is 9.89. The number of ether oxygens (including phenoxy) is 1. The van der Waals surface area contributed by atoms with Crippen LogP contribution in [0.5, 0.6) is 0 Å².